The minimum Gasteiger partial charge on any atom is -0.446 e. The molecule has 1 atom stereocenters. The molecule has 1 aromatic carbocycles. The molecule has 1 aliphatic heterocycles. The molecule has 3 rings (SSSR count). The maximum atomic E-state index is 14.2. The van der Waals surface area contributed by atoms with E-state index in [1.54, 1.807) is 0 Å². The standard InChI is InChI=1S/C18H13ClF5N3O3/c1-8-5-9(18(22,23)24)6-13(25-8)27-12(7-30-17(27)29)16(28)26(2)11-4-3-10(19)14(20)15(11)21/h3-6,12H,7H2,1-2H3/t12-/m0/s1. The highest BCUT2D eigenvalue weighted by Gasteiger charge is 2.43. The largest absolute Gasteiger partial charge is 0.446 e. The van der Waals surface area contributed by atoms with Gasteiger partial charge in [0.2, 0.25) is 0 Å². The molecule has 0 aliphatic carbocycles. The third kappa shape index (κ3) is 3.89. The molecule has 30 heavy (non-hydrogen) atoms. The summed E-state index contributed by atoms with van der Waals surface area (Å²) in [7, 11) is 1.11. The molecule has 0 unspecified atom stereocenters. The van der Waals surface area contributed by atoms with E-state index in [-0.39, 0.29) is 5.69 Å². The van der Waals surface area contributed by atoms with Gasteiger partial charge in [-0.15, -0.1) is 0 Å². The molecule has 2 amide bonds. The van der Waals surface area contributed by atoms with Crippen LogP contribution in [0.15, 0.2) is 24.3 Å². The molecule has 1 fully saturated rings. The van der Waals surface area contributed by atoms with Gasteiger partial charge in [-0.2, -0.15) is 13.2 Å². The fourth-order valence-corrected chi connectivity index (χ4v) is 3.06. The number of anilines is 2. The highest BCUT2D eigenvalue weighted by atomic mass is 35.5. The first kappa shape index (κ1) is 21.8. The molecule has 2 heterocycles. The molecule has 0 spiro atoms. The molecule has 12 heteroatoms. The summed E-state index contributed by atoms with van der Waals surface area (Å²) in [5, 5.41) is -0.498. The van der Waals surface area contributed by atoms with Gasteiger partial charge in [0.15, 0.2) is 17.7 Å². The minimum atomic E-state index is -4.72. The quantitative estimate of drug-likeness (QED) is 0.517. The number of nitrogens with zero attached hydrogens (tertiary/aromatic N) is 3. The van der Waals surface area contributed by atoms with Gasteiger partial charge in [0, 0.05) is 12.7 Å². The predicted octanol–water partition coefficient (Wildman–Crippen LogP) is 4.33. The van der Waals surface area contributed by atoms with E-state index >= 15 is 0 Å². The maximum absolute atomic E-state index is 14.2. The molecule has 0 radical (unpaired) electrons. The summed E-state index contributed by atoms with van der Waals surface area (Å²) >= 11 is 5.49. The Kier molecular flexibility index (Phi) is 5.59. The molecule has 6 nitrogen and oxygen atoms in total. The summed E-state index contributed by atoms with van der Waals surface area (Å²) in [5.74, 6) is -4.17. The first-order valence-corrected chi connectivity index (χ1v) is 8.72. The lowest BCUT2D eigenvalue weighted by molar-refractivity contribution is -0.137. The molecule has 160 valence electrons. The third-order valence-corrected chi connectivity index (χ3v) is 4.67. The summed E-state index contributed by atoms with van der Waals surface area (Å²) < 4.78 is 72.1. The number of hydrogen-bond acceptors (Lipinski definition) is 4. The van der Waals surface area contributed by atoms with Crippen LogP contribution < -0.4 is 9.80 Å². The van der Waals surface area contributed by atoms with Gasteiger partial charge in [-0.3, -0.25) is 4.79 Å². The van der Waals surface area contributed by atoms with Crippen molar-refractivity contribution in [2.45, 2.75) is 19.1 Å². The van der Waals surface area contributed by atoms with Gasteiger partial charge in [0.05, 0.1) is 16.3 Å². The number of benzene rings is 1. The lowest BCUT2D eigenvalue weighted by Crippen LogP contribution is -2.47. The molecule has 0 saturated carbocycles. The highest BCUT2D eigenvalue weighted by molar-refractivity contribution is 6.30. The second-order valence-corrected chi connectivity index (χ2v) is 6.81. The van der Waals surface area contributed by atoms with E-state index in [2.05, 4.69) is 4.98 Å². The number of pyridine rings is 1. The van der Waals surface area contributed by atoms with Gasteiger partial charge >= 0.3 is 12.3 Å². The monoisotopic (exact) mass is 449 g/mol. The highest BCUT2D eigenvalue weighted by Crippen LogP contribution is 2.34. The Morgan fingerprint density at radius 1 is 1.27 bits per heavy atom. The first-order chi connectivity index (χ1) is 13.9. The Hall–Kier alpha value is -2.95. The van der Waals surface area contributed by atoms with Crippen LogP contribution in [0.5, 0.6) is 0 Å². The van der Waals surface area contributed by atoms with E-state index in [0.717, 1.165) is 30.1 Å². The maximum Gasteiger partial charge on any atom is 0.416 e. The van der Waals surface area contributed by atoms with Crippen LogP contribution in [0.25, 0.3) is 0 Å². The third-order valence-electron chi connectivity index (χ3n) is 4.38. The van der Waals surface area contributed by atoms with Gasteiger partial charge in [0.25, 0.3) is 5.91 Å². The fourth-order valence-electron chi connectivity index (χ4n) is 2.91. The van der Waals surface area contributed by atoms with Gasteiger partial charge in [-0.1, -0.05) is 11.6 Å². The van der Waals surface area contributed by atoms with Crippen LogP contribution in [0.1, 0.15) is 11.3 Å². The minimum absolute atomic E-state index is 0.0510. The zero-order valence-electron chi connectivity index (χ0n) is 15.4. The van der Waals surface area contributed by atoms with Crippen LogP contribution in [-0.2, 0) is 15.7 Å². The Balaban J connectivity index is 1.98. The summed E-state index contributed by atoms with van der Waals surface area (Å²) in [6, 6.07) is 2.01. The molecule has 0 N–H and O–H groups in total. The number of carbonyl (C=O) groups excluding carboxylic acids is 2. The van der Waals surface area contributed by atoms with E-state index in [1.165, 1.54) is 6.92 Å². The molecular weight excluding hydrogens is 437 g/mol. The number of alkyl halides is 3. The summed E-state index contributed by atoms with van der Waals surface area (Å²) in [5.41, 5.74) is -1.60. The number of aromatic nitrogens is 1. The van der Waals surface area contributed by atoms with Crippen molar-refractivity contribution in [3.8, 4) is 0 Å². The number of ether oxygens (including phenoxy) is 1. The van der Waals surface area contributed by atoms with Gasteiger partial charge in [-0.25, -0.2) is 23.5 Å². The van der Waals surface area contributed by atoms with Crippen LogP contribution in [0.2, 0.25) is 5.02 Å². The number of rotatable bonds is 3. The normalized spacial score (nSPS) is 16.6. The second kappa shape index (κ2) is 7.71. The Morgan fingerprint density at radius 3 is 2.57 bits per heavy atom. The van der Waals surface area contributed by atoms with E-state index in [1.807, 2.05) is 0 Å². The Labute approximate surface area is 171 Å². The van der Waals surface area contributed by atoms with Crippen LogP contribution in [0.4, 0.5) is 38.3 Å². The molecule has 1 aliphatic rings. The van der Waals surface area contributed by atoms with Crippen molar-refractivity contribution >= 4 is 35.1 Å². The second-order valence-electron chi connectivity index (χ2n) is 6.41. The van der Waals surface area contributed by atoms with Gasteiger partial charge < -0.3 is 9.64 Å². The van der Waals surface area contributed by atoms with Crippen molar-refractivity contribution in [3.63, 3.8) is 0 Å². The fraction of sp³-hybridized carbons (Fsp3) is 0.278. The SMILES string of the molecule is Cc1cc(C(F)(F)F)cc(N2C(=O)OC[C@H]2C(=O)N(C)c2ccc(Cl)c(F)c2F)n1. The smallest absolute Gasteiger partial charge is 0.416 e. The van der Waals surface area contributed by atoms with Crippen LogP contribution >= 0.6 is 11.6 Å². The van der Waals surface area contributed by atoms with Crippen molar-refractivity contribution < 1.29 is 36.3 Å². The van der Waals surface area contributed by atoms with Crippen LogP contribution in [0, 0.1) is 18.6 Å². The van der Waals surface area contributed by atoms with Crippen molar-refractivity contribution in [1.82, 2.24) is 4.98 Å². The number of carbonyl (C=O) groups is 2. The molecular formula is C18H13ClF5N3O3. The summed E-state index contributed by atoms with van der Waals surface area (Å²) in [4.78, 5) is 30.3. The van der Waals surface area contributed by atoms with E-state index in [0.29, 0.717) is 11.0 Å². The number of cyclic esters (lactones) is 1. The Bertz CT molecular complexity index is 1030. The van der Waals surface area contributed by atoms with Crippen LogP contribution in [0.3, 0.4) is 0 Å². The van der Waals surface area contributed by atoms with E-state index in [9.17, 15) is 31.5 Å². The van der Waals surface area contributed by atoms with Crippen LogP contribution in [-0.4, -0.2) is 36.7 Å². The van der Waals surface area contributed by atoms with Crippen molar-refractivity contribution in [2.75, 3.05) is 23.5 Å². The molecule has 1 saturated heterocycles. The number of halogens is 6. The number of hydrogen-bond donors (Lipinski definition) is 0. The summed E-state index contributed by atoms with van der Waals surface area (Å²) in [6.45, 7) is 0.769. The lowest BCUT2D eigenvalue weighted by atomic mass is 10.1. The zero-order valence-corrected chi connectivity index (χ0v) is 16.2. The van der Waals surface area contributed by atoms with Gasteiger partial charge in [-0.05, 0) is 31.2 Å². The number of aryl methyl sites for hydroxylation is 1. The zero-order chi connectivity index (χ0) is 22.4. The molecule has 2 aromatic rings. The first-order valence-electron chi connectivity index (χ1n) is 8.34. The average molecular weight is 450 g/mol. The number of likely N-dealkylation sites (N-methyl/N-ethyl adjacent to an activating group) is 1. The predicted molar refractivity (Wildman–Crippen MR) is 96.4 cm³/mol. The van der Waals surface area contributed by atoms with Gasteiger partial charge in [0.1, 0.15) is 12.4 Å². The topological polar surface area (TPSA) is 62.7 Å². The van der Waals surface area contributed by atoms with E-state index in [4.69, 9.17) is 16.3 Å². The number of amides is 2. The lowest BCUT2D eigenvalue weighted by Gasteiger charge is -2.26. The van der Waals surface area contributed by atoms with Crippen molar-refractivity contribution in [1.29, 1.82) is 0 Å². The molecule has 1 aromatic heterocycles. The van der Waals surface area contributed by atoms with Crippen molar-refractivity contribution in [2.24, 2.45) is 0 Å². The van der Waals surface area contributed by atoms with Crippen molar-refractivity contribution in [3.05, 3.63) is 52.2 Å². The average Bonchev–Trinajstić information content (AvgIpc) is 3.05. The summed E-state index contributed by atoms with van der Waals surface area (Å²) in [6.07, 6.45) is -5.82. The van der Waals surface area contributed by atoms with E-state index < -0.39 is 64.6 Å². The Morgan fingerprint density at radius 2 is 1.93 bits per heavy atom. The molecule has 0 bridgehead atoms.